The molecule has 0 bridgehead atoms. The minimum Gasteiger partial charge on any atom is -0.380 e. The lowest BCUT2D eigenvalue weighted by Gasteiger charge is -2.56. The van der Waals surface area contributed by atoms with Gasteiger partial charge in [0.25, 0.3) is 11.8 Å². The lowest BCUT2D eigenvalue weighted by atomic mass is 9.71. The van der Waals surface area contributed by atoms with E-state index < -0.39 is 5.60 Å². The number of rotatable bonds is 5. The van der Waals surface area contributed by atoms with Gasteiger partial charge >= 0.3 is 0 Å². The summed E-state index contributed by atoms with van der Waals surface area (Å²) in [5.41, 5.74) is 0.720. The zero-order valence-electron chi connectivity index (χ0n) is 21.9. The number of aliphatic hydroxyl groups is 1. The van der Waals surface area contributed by atoms with Crippen molar-refractivity contribution in [3.05, 3.63) is 28.8 Å². The Labute approximate surface area is 215 Å². The molecule has 194 valence electrons. The second-order valence-electron chi connectivity index (χ2n) is 11.6. The van der Waals surface area contributed by atoms with Gasteiger partial charge in [0.1, 0.15) is 5.60 Å². The van der Waals surface area contributed by atoms with Gasteiger partial charge in [0, 0.05) is 57.4 Å². The molecule has 35 heavy (non-hydrogen) atoms. The normalized spacial score (nSPS) is 22.7. The van der Waals surface area contributed by atoms with Crippen molar-refractivity contribution in [2.75, 3.05) is 58.3 Å². The van der Waals surface area contributed by atoms with E-state index in [1.54, 1.807) is 25.9 Å². The van der Waals surface area contributed by atoms with Crippen LogP contribution in [0.1, 0.15) is 56.8 Å². The van der Waals surface area contributed by atoms with Crippen LogP contribution < -0.4 is 4.90 Å². The number of halogens is 1. The van der Waals surface area contributed by atoms with Gasteiger partial charge in [0.15, 0.2) is 0 Å². The van der Waals surface area contributed by atoms with Gasteiger partial charge in [-0.1, -0.05) is 25.4 Å². The van der Waals surface area contributed by atoms with Gasteiger partial charge < -0.3 is 24.7 Å². The Balaban J connectivity index is 1.25. The summed E-state index contributed by atoms with van der Waals surface area (Å²) < 4.78 is 0. The van der Waals surface area contributed by atoms with E-state index >= 15 is 0 Å². The molecule has 0 aliphatic carbocycles. The van der Waals surface area contributed by atoms with E-state index in [0.29, 0.717) is 22.0 Å². The fourth-order valence-electron chi connectivity index (χ4n) is 5.74. The number of hydrogen-bond donors (Lipinski definition) is 1. The van der Waals surface area contributed by atoms with Gasteiger partial charge in [0.2, 0.25) is 0 Å². The van der Waals surface area contributed by atoms with E-state index in [2.05, 4.69) is 9.80 Å². The van der Waals surface area contributed by atoms with Crippen LogP contribution in [0.15, 0.2) is 18.2 Å². The molecule has 0 radical (unpaired) electrons. The number of amides is 2. The molecule has 3 fully saturated rings. The topological polar surface area (TPSA) is 67.3 Å². The highest BCUT2D eigenvalue weighted by atomic mass is 35.5. The van der Waals surface area contributed by atoms with Crippen LogP contribution in [0.4, 0.5) is 5.69 Å². The molecule has 4 rings (SSSR count). The van der Waals surface area contributed by atoms with E-state index in [-0.39, 0.29) is 17.7 Å². The summed E-state index contributed by atoms with van der Waals surface area (Å²) in [6.07, 6.45) is 4.34. The van der Waals surface area contributed by atoms with Crippen LogP contribution in [0.2, 0.25) is 5.02 Å². The number of likely N-dealkylation sites (tertiary alicyclic amines) is 2. The zero-order valence-corrected chi connectivity index (χ0v) is 22.6. The summed E-state index contributed by atoms with van der Waals surface area (Å²) >= 11 is 6.43. The smallest absolute Gasteiger partial charge is 0.254 e. The first-order valence-corrected chi connectivity index (χ1v) is 13.3. The Morgan fingerprint density at radius 3 is 2.23 bits per heavy atom. The second kappa shape index (κ2) is 9.91. The van der Waals surface area contributed by atoms with Crippen LogP contribution in [-0.4, -0.2) is 96.6 Å². The van der Waals surface area contributed by atoms with Gasteiger partial charge in [-0.3, -0.25) is 9.59 Å². The number of nitrogens with zero attached hydrogens (tertiary/aromatic N) is 4. The molecule has 3 aliphatic heterocycles. The first-order valence-electron chi connectivity index (χ1n) is 13.0. The van der Waals surface area contributed by atoms with Crippen molar-refractivity contribution in [1.29, 1.82) is 0 Å². The fourth-order valence-corrected chi connectivity index (χ4v) is 6.00. The molecule has 3 aliphatic rings. The Kier molecular flexibility index (Phi) is 7.43. The summed E-state index contributed by atoms with van der Waals surface area (Å²) in [6, 6.07) is 6.30. The molecule has 1 aromatic carbocycles. The van der Waals surface area contributed by atoms with Crippen LogP contribution in [0.5, 0.6) is 0 Å². The number of anilines is 1. The van der Waals surface area contributed by atoms with Crippen LogP contribution >= 0.6 is 11.6 Å². The molecular weight excluding hydrogens is 464 g/mol. The highest BCUT2D eigenvalue weighted by molar-refractivity contribution is 6.34. The van der Waals surface area contributed by atoms with Gasteiger partial charge in [-0.05, 0) is 69.8 Å². The van der Waals surface area contributed by atoms with Crippen LogP contribution in [0.25, 0.3) is 0 Å². The Morgan fingerprint density at radius 1 is 1.11 bits per heavy atom. The van der Waals surface area contributed by atoms with E-state index in [4.69, 9.17) is 11.6 Å². The molecule has 1 aromatic rings. The monoisotopic (exact) mass is 504 g/mol. The molecular formula is C27H41ClN4O3. The molecule has 1 unspecified atom stereocenters. The molecule has 3 saturated heterocycles. The number of benzene rings is 1. The first kappa shape index (κ1) is 26.2. The highest BCUT2D eigenvalue weighted by Gasteiger charge is 2.46. The minimum atomic E-state index is -1.28. The van der Waals surface area contributed by atoms with Gasteiger partial charge in [-0.2, -0.15) is 0 Å². The number of carbonyl (C=O) groups is 2. The lowest BCUT2D eigenvalue weighted by Crippen LogP contribution is -2.62. The van der Waals surface area contributed by atoms with E-state index in [1.807, 2.05) is 36.9 Å². The van der Waals surface area contributed by atoms with Crippen molar-refractivity contribution in [3.8, 4) is 0 Å². The molecule has 2 amide bonds. The summed E-state index contributed by atoms with van der Waals surface area (Å²) in [6.45, 7) is 11.2. The maximum Gasteiger partial charge on any atom is 0.254 e. The number of piperidine rings is 2. The predicted octanol–water partition coefficient (Wildman–Crippen LogP) is 3.34. The quantitative estimate of drug-likeness (QED) is 0.666. The van der Waals surface area contributed by atoms with Crippen LogP contribution in [0, 0.1) is 11.3 Å². The van der Waals surface area contributed by atoms with Crippen LogP contribution in [0.3, 0.4) is 0 Å². The third-order valence-electron chi connectivity index (χ3n) is 8.69. The van der Waals surface area contributed by atoms with Gasteiger partial charge in [-0.25, -0.2) is 0 Å². The second-order valence-corrected chi connectivity index (χ2v) is 12.0. The summed E-state index contributed by atoms with van der Waals surface area (Å²) in [4.78, 5) is 33.4. The highest BCUT2D eigenvalue weighted by Crippen LogP contribution is 2.44. The van der Waals surface area contributed by atoms with Gasteiger partial charge in [-0.15, -0.1) is 0 Å². The van der Waals surface area contributed by atoms with Crippen LogP contribution in [-0.2, 0) is 4.79 Å². The van der Waals surface area contributed by atoms with Crippen molar-refractivity contribution < 1.29 is 14.7 Å². The zero-order chi connectivity index (χ0) is 25.5. The van der Waals surface area contributed by atoms with Crippen molar-refractivity contribution in [1.82, 2.24) is 14.7 Å². The molecule has 0 saturated carbocycles. The Hall–Kier alpha value is -1.83. The Bertz CT molecular complexity index is 940. The molecule has 1 spiro atoms. The third kappa shape index (κ3) is 5.18. The molecule has 0 aromatic heterocycles. The Morgan fingerprint density at radius 2 is 1.71 bits per heavy atom. The van der Waals surface area contributed by atoms with Crippen molar-refractivity contribution in [2.24, 2.45) is 11.3 Å². The van der Waals surface area contributed by atoms with E-state index in [0.717, 1.165) is 57.8 Å². The standard InChI is InChI=1S/C27H41ClN4O3/c1-19(2)26(3,35)25(34)31-12-8-20(9-13-31)30-14-10-27(11-15-30)17-32(18-27)21-6-7-22(23(28)16-21)24(33)29(4)5/h6-7,16,19-20,35H,8-15,17-18H2,1-5H3. The number of hydrogen-bond acceptors (Lipinski definition) is 5. The maximum absolute atomic E-state index is 12.8. The SMILES string of the molecule is CC(C)C(C)(O)C(=O)N1CCC(N2CCC3(CC2)CN(c2ccc(C(=O)N(C)C)c(Cl)c2)C3)CC1. The first-order chi connectivity index (χ1) is 16.4. The molecule has 8 heteroatoms. The van der Waals surface area contributed by atoms with Crippen molar-refractivity contribution >= 4 is 29.1 Å². The average molecular weight is 505 g/mol. The average Bonchev–Trinajstić information content (AvgIpc) is 2.81. The predicted molar refractivity (Wildman–Crippen MR) is 140 cm³/mol. The number of carbonyl (C=O) groups excluding carboxylic acids is 2. The lowest BCUT2D eigenvalue weighted by molar-refractivity contribution is -0.155. The molecule has 1 atom stereocenters. The maximum atomic E-state index is 12.8. The molecule has 1 N–H and O–H groups in total. The van der Waals surface area contributed by atoms with E-state index in [9.17, 15) is 14.7 Å². The van der Waals surface area contributed by atoms with E-state index in [1.165, 1.54) is 12.8 Å². The minimum absolute atomic E-state index is 0.0745. The third-order valence-corrected chi connectivity index (χ3v) is 9.00. The van der Waals surface area contributed by atoms with Crippen molar-refractivity contribution in [3.63, 3.8) is 0 Å². The summed E-state index contributed by atoms with van der Waals surface area (Å²) in [5, 5.41) is 11.1. The molecule has 3 heterocycles. The molecule has 7 nitrogen and oxygen atoms in total. The summed E-state index contributed by atoms with van der Waals surface area (Å²) in [5.74, 6) is -0.297. The van der Waals surface area contributed by atoms with Crippen molar-refractivity contribution in [2.45, 2.75) is 58.1 Å². The fraction of sp³-hybridized carbons (Fsp3) is 0.704. The summed E-state index contributed by atoms with van der Waals surface area (Å²) in [7, 11) is 3.47. The van der Waals surface area contributed by atoms with Gasteiger partial charge in [0.05, 0.1) is 10.6 Å². The largest absolute Gasteiger partial charge is 0.380 e.